The molecule has 17 heavy (non-hydrogen) atoms. The summed E-state index contributed by atoms with van der Waals surface area (Å²) in [7, 11) is 0. The van der Waals surface area contributed by atoms with Crippen molar-refractivity contribution < 1.29 is 14.7 Å². The van der Waals surface area contributed by atoms with Crippen molar-refractivity contribution in [3.05, 3.63) is 0 Å². The molecule has 3 nitrogen and oxygen atoms in total. The zero-order valence-electron chi connectivity index (χ0n) is 10.4. The molecule has 0 amide bonds. The van der Waals surface area contributed by atoms with Crippen LogP contribution in [0.1, 0.15) is 64.2 Å². The fourth-order valence-electron chi connectivity index (χ4n) is 3.50. The molecular formula is C14H22O3. The molecule has 2 rings (SSSR count). The smallest absolute Gasteiger partial charge is 0.317 e. The molecule has 0 aliphatic heterocycles. The summed E-state index contributed by atoms with van der Waals surface area (Å²) in [4.78, 5) is 23.6. The molecule has 1 atom stereocenters. The first-order chi connectivity index (χ1) is 8.15. The first-order valence-corrected chi connectivity index (χ1v) is 6.92. The molecule has 3 heteroatoms. The van der Waals surface area contributed by atoms with Crippen molar-refractivity contribution >= 4 is 11.8 Å². The molecule has 1 unspecified atom stereocenters. The molecule has 0 radical (unpaired) electrons. The minimum absolute atomic E-state index is 0.0122. The summed E-state index contributed by atoms with van der Waals surface area (Å²) >= 11 is 0. The number of hydrogen-bond acceptors (Lipinski definition) is 2. The van der Waals surface area contributed by atoms with Gasteiger partial charge in [0.1, 0.15) is 11.2 Å². The third-order valence-electron chi connectivity index (χ3n) is 4.56. The Morgan fingerprint density at radius 3 is 2.47 bits per heavy atom. The molecule has 0 aromatic heterocycles. The zero-order chi connectivity index (χ0) is 12.3. The highest BCUT2D eigenvalue weighted by atomic mass is 16.4. The first kappa shape index (κ1) is 12.6. The number of carbonyl (C=O) groups excluding carboxylic acids is 1. The molecule has 0 spiro atoms. The molecule has 0 heterocycles. The van der Waals surface area contributed by atoms with Crippen LogP contribution in [0.4, 0.5) is 0 Å². The molecule has 2 aliphatic carbocycles. The molecule has 0 aromatic carbocycles. The van der Waals surface area contributed by atoms with Crippen molar-refractivity contribution in [2.24, 2.45) is 11.3 Å². The number of ketones is 1. The third kappa shape index (κ3) is 2.53. The van der Waals surface area contributed by atoms with Crippen LogP contribution in [0, 0.1) is 11.3 Å². The fourth-order valence-corrected chi connectivity index (χ4v) is 3.50. The van der Waals surface area contributed by atoms with Gasteiger partial charge in [-0.2, -0.15) is 0 Å². The zero-order valence-corrected chi connectivity index (χ0v) is 10.4. The summed E-state index contributed by atoms with van der Waals surface area (Å²) in [5.74, 6) is -0.420. The van der Waals surface area contributed by atoms with Crippen LogP contribution in [0.3, 0.4) is 0 Å². The number of carboxylic acids is 1. The van der Waals surface area contributed by atoms with Gasteiger partial charge in [-0.25, -0.2) is 0 Å². The van der Waals surface area contributed by atoms with Gasteiger partial charge in [0.25, 0.3) is 0 Å². The average Bonchev–Trinajstić information content (AvgIpc) is 2.33. The highest BCUT2D eigenvalue weighted by molar-refractivity contribution is 6.03. The van der Waals surface area contributed by atoms with E-state index in [0.29, 0.717) is 25.2 Å². The third-order valence-corrected chi connectivity index (χ3v) is 4.56. The van der Waals surface area contributed by atoms with Crippen molar-refractivity contribution in [3.8, 4) is 0 Å². The molecule has 0 bridgehead atoms. The lowest BCUT2D eigenvalue weighted by Crippen LogP contribution is -2.43. The van der Waals surface area contributed by atoms with Gasteiger partial charge in [-0.15, -0.1) is 0 Å². The predicted molar refractivity (Wildman–Crippen MR) is 64.7 cm³/mol. The first-order valence-electron chi connectivity index (χ1n) is 6.92. The van der Waals surface area contributed by atoms with E-state index in [1.807, 2.05) is 0 Å². The Hall–Kier alpha value is -0.860. The second kappa shape index (κ2) is 5.19. The highest BCUT2D eigenvalue weighted by Gasteiger charge is 2.47. The van der Waals surface area contributed by atoms with Crippen molar-refractivity contribution in [1.82, 2.24) is 0 Å². The van der Waals surface area contributed by atoms with Gasteiger partial charge < -0.3 is 5.11 Å². The van der Waals surface area contributed by atoms with E-state index in [1.165, 1.54) is 19.3 Å². The van der Waals surface area contributed by atoms with Gasteiger partial charge in [-0.1, -0.05) is 38.5 Å². The number of rotatable bonds is 3. The Labute approximate surface area is 103 Å². The van der Waals surface area contributed by atoms with Crippen molar-refractivity contribution in [2.75, 3.05) is 0 Å². The van der Waals surface area contributed by atoms with Crippen LogP contribution >= 0.6 is 0 Å². The topological polar surface area (TPSA) is 54.4 Å². The van der Waals surface area contributed by atoms with Gasteiger partial charge in [-0.3, -0.25) is 9.59 Å². The van der Waals surface area contributed by atoms with Gasteiger partial charge in [0.15, 0.2) is 0 Å². The van der Waals surface area contributed by atoms with Gasteiger partial charge in [-0.05, 0) is 25.2 Å². The van der Waals surface area contributed by atoms with Gasteiger partial charge in [0, 0.05) is 6.42 Å². The number of Topliss-reactive ketones (excluding diaryl/α,β-unsaturated/α-hetero) is 1. The Bertz CT molecular complexity index is 305. The normalized spacial score (nSPS) is 31.4. The molecule has 2 fully saturated rings. The summed E-state index contributed by atoms with van der Waals surface area (Å²) in [6, 6.07) is 0. The number of carboxylic acid groups (broad SMARTS) is 1. The van der Waals surface area contributed by atoms with Crippen LogP contribution in [0.5, 0.6) is 0 Å². The maximum atomic E-state index is 12.1. The van der Waals surface area contributed by atoms with E-state index in [4.69, 9.17) is 0 Å². The fraction of sp³-hybridized carbons (Fsp3) is 0.857. The SMILES string of the molecule is O=C(O)C1(CC2CCCCC2)CCCCC1=O. The summed E-state index contributed by atoms with van der Waals surface area (Å²) in [6.07, 6.45) is 9.30. The molecule has 2 aliphatic rings. The van der Waals surface area contributed by atoms with Crippen molar-refractivity contribution in [3.63, 3.8) is 0 Å². The van der Waals surface area contributed by atoms with Crippen LogP contribution in [0.25, 0.3) is 0 Å². The maximum Gasteiger partial charge on any atom is 0.317 e. The van der Waals surface area contributed by atoms with E-state index in [0.717, 1.165) is 25.7 Å². The standard InChI is InChI=1S/C14H22O3/c15-12-8-4-5-9-14(12,13(16)17)10-11-6-2-1-3-7-11/h11H,1-10H2,(H,16,17). The molecule has 0 aromatic rings. The second-order valence-corrected chi connectivity index (χ2v) is 5.73. The maximum absolute atomic E-state index is 12.1. The Morgan fingerprint density at radius 1 is 1.18 bits per heavy atom. The monoisotopic (exact) mass is 238 g/mol. The summed E-state index contributed by atoms with van der Waals surface area (Å²) in [5, 5.41) is 9.47. The Morgan fingerprint density at radius 2 is 1.88 bits per heavy atom. The summed E-state index contributed by atoms with van der Waals surface area (Å²) in [5.41, 5.74) is -1.03. The van der Waals surface area contributed by atoms with Crippen LogP contribution in [-0.2, 0) is 9.59 Å². The molecule has 1 N–H and O–H groups in total. The van der Waals surface area contributed by atoms with Crippen molar-refractivity contribution in [1.29, 1.82) is 0 Å². The summed E-state index contributed by atoms with van der Waals surface area (Å²) < 4.78 is 0. The van der Waals surface area contributed by atoms with Crippen molar-refractivity contribution in [2.45, 2.75) is 64.2 Å². The van der Waals surface area contributed by atoms with E-state index in [9.17, 15) is 14.7 Å². The van der Waals surface area contributed by atoms with Gasteiger partial charge in [0.2, 0.25) is 0 Å². The minimum atomic E-state index is -1.03. The van der Waals surface area contributed by atoms with E-state index < -0.39 is 11.4 Å². The highest BCUT2D eigenvalue weighted by Crippen LogP contribution is 2.42. The van der Waals surface area contributed by atoms with Crippen LogP contribution in [0.2, 0.25) is 0 Å². The lowest BCUT2D eigenvalue weighted by molar-refractivity contribution is -0.158. The Kier molecular flexibility index (Phi) is 3.85. The Balaban J connectivity index is 2.10. The van der Waals surface area contributed by atoms with Gasteiger partial charge in [0.05, 0.1) is 0 Å². The molecular weight excluding hydrogens is 216 g/mol. The quantitative estimate of drug-likeness (QED) is 0.768. The van der Waals surface area contributed by atoms with Crippen LogP contribution in [0.15, 0.2) is 0 Å². The second-order valence-electron chi connectivity index (χ2n) is 5.73. The number of carbonyl (C=O) groups is 2. The lowest BCUT2D eigenvalue weighted by atomic mass is 9.66. The molecule has 0 saturated heterocycles. The van der Waals surface area contributed by atoms with Crippen LogP contribution < -0.4 is 0 Å². The molecule has 96 valence electrons. The van der Waals surface area contributed by atoms with Gasteiger partial charge >= 0.3 is 5.97 Å². The number of aliphatic carboxylic acids is 1. The number of hydrogen-bond donors (Lipinski definition) is 1. The largest absolute Gasteiger partial charge is 0.480 e. The van der Waals surface area contributed by atoms with E-state index in [-0.39, 0.29) is 5.78 Å². The van der Waals surface area contributed by atoms with E-state index in [1.54, 1.807) is 0 Å². The minimum Gasteiger partial charge on any atom is -0.480 e. The predicted octanol–water partition coefficient (Wildman–Crippen LogP) is 3.17. The molecule has 2 saturated carbocycles. The van der Waals surface area contributed by atoms with E-state index >= 15 is 0 Å². The van der Waals surface area contributed by atoms with E-state index in [2.05, 4.69) is 0 Å². The van der Waals surface area contributed by atoms with Crippen LogP contribution in [-0.4, -0.2) is 16.9 Å². The summed E-state index contributed by atoms with van der Waals surface area (Å²) in [6.45, 7) is 0. The lowest BCUT2D eigenvalue weighted by Gasteiger charge is -2.35. The average molecular weight is 238 g/mol.